The second-order valence-electron chi connectivity index (χ2n) is 5.51. The van der Waals surface area contributed by atoms with E-state index in [0.29, 0.717) is 0 Å². The van der Waals surface area contributed by atoms with Gasteiger partial charge in [-0.2, -0.15) is 0 Å². The molecular weight excluding hydrogens is 260 g/mol. The maximum atomic E-state index is 5.87. The van der Waals surface area contributed by atoms with Crippen molar-refractivity contribution in [1.29, 1.82) is 0 Å². The van der Waals surface area contributed by atoms with Crippen molar-refractivity contribution in [1.82, 2.24) is 9.97 Å². The maximum Gasteiger partial charge on any atom is 0.151 e. The number of aromatic nitrogens is 2. The Bertz CT molecular complexity index is 841. The Hall–Kier alpha value is -2.62. The van der Waals surface area contributed by atoms with E-state index < -0.39 is 0 Å². The van der Waals surface area contributed by atoms with E-state index in [1.165, 1.54) is 11.1 Å². The molecule has 0 saturated heterocycles. The van der Waals surface area contributed by atoms with Crippen molar-refractivity contribution in [3.8, 4) is 0 Å². The number of para-hydroxylation sites is 2. The fraction of sp³-hybridized carbons (Fsp3) is 0.176. The molecule has 2 N–H and O–H groups in total. The van der Waals surface area contributed by atoms with E-state index in [9.17, 15) is 0 Å². The molecule has 0 saturated carbocycles. The zero-order chi connectivity index (χ0) is 14.4. The lowest BCUT2D eigenvalue weighted by molar-refractivity contribution is 0.847. The normalized spacial score (nSPS) is 13.7. The van der Waals surface area contributed by atoms with Gasteiger partial charge < -0.3 is 10.6 Å². The minimum Gasteiger partial charge on any atom is -0.399 e. The molecule has 0 aliphatic carbocycles. The Balaban J connectivity index is 1.77. The summed E-state index contributed by atoms with van der Waals surface area (Å²) in [6.45, 7) is 3.73. The van der Waals surface area contributed by atoms with E-state index in [1.807, 2.05) is 37.3 Å². The van der Waals surface area contributed by atoms with Gasteiger partial charge in [0, 0.05) is 18.8 Å². The van der Waals surface area contributed by atoms with E-state index in [1.54, 1.807) is 0 Å². The molecule has 0 radical (unpaired) electrons. The van der Waals surface area contributed by atoms with E-state index in [4.69, 9.17) is 10.7 Å². The number of anilines is 2. The molecule has 1 aliphatic heterocycles. The Morgan fingerprint density at radius 1 is 0.952 bits per heavy atom. The molecule has 104 valence electrons. The minimum absolute atomic E-state index is 0.817. The van der Waals surface area contributed by atoms with Crippen LogP contribution in [-0.4, -0.2) is 9.97 Å². The number of hydrogen-bond donors (Lipinski definition) is 1. The van der Waals surface area contributed by atoms with Gasteiger partial charge in [-0.3, -0.25) is 0 Å². The molecule has 0 unspecified atom stereocenters. The summed E-state index contributed by atoms with van der Waals surface area (Å²) < 4.78 is 0. The monoisotopic (exact) mass is 276 g/mol. The molecule has 2 aromatic carbocycles. The predicted octanol–water partition coefficient (Wildman–Crippen LogP) is 3.04. The fourth-order valence-corrected chi connectivity index (χ4v) is 2.94. The van der Waals surface area contributed by atoms with Crippen LogP contribution in [0.25, 0.3) is 11.0 Å². The van der Waals surface area contributed by atoms with Crippen molar-refractivity contribution >= 4 is 22.5 Å². The smallest absolute Gasteiger partial charge is 0.151 e. The Morgan fingerprint density at radius 2 is 1.67 bits per heavy atom. The molecule has 4 nitrogen and oxygen atoms in total. The van der Waals surface area contributed by atoms with Crippen LogP contribution in [0, 0.1) is 6.92 Å². The second-order valence-corrected chi connectivity index (χ2v) is 5.51. The molecule has 4 heteroatoms. The summed E-state index contributed by atoms with van der Waals surface area (Å²) >= 11 is 0. The van der Waals surface area contributed by atoms with Crippen LogP contribution < -0.4 is 10.6 Å². The zero-order valence-electron chi connectivity index (χ0n) is 11.9. The van der Waals surface area contributed by atoms with Gasteiger partial charge in [0.15, 0.2) is 5.82 Å². The topological polar surface area (TPSA) is 55.0 Å². The molecule has 0 fully saturated rings. The Labute approximate surface area is 123 Å². The van der Waals surface area contributed by atoms with Gasteiger partial charge in [-0.1, -0.05) is 18.2 Å². The van der Waals surface area contributed by atoms with Crippen LogP contribution in [-0.2, 0) is 13.1 Å². The first-order chi connectivity index (χ1) is 10.2. The molecule has 21 heavy (non-hydrogen) atoms. The Kier molecular flexibility index (Phi) is 2.57. The highest BCUT2D eigenvalue weighted by atomic mass is 15.2. The van der Waals surface area contributed by atoms with Gasteiger partial charge in [0.1, 0.15) is 0 Å². The van der Waals surface area contributed by atoms with Crippen molar-refractivity contribution in [3.05, 3.63) is 59.3 Å². The molecule has 1 aliphatic rings. The zero-order valence-corrected chi connectivity index (χ0v) is 11.9. The van der Waals surface area contributed by atoms with E-state index in [-0.39, 0.29) is 0 Å². The van der Waals surface area contributed by atoms with Crippen LogP contribution in [0.2, 0.25) is 0 Å². The van der Waals surface area contributed by atoms with Gasteiger partial charge >= 0.3 is 0 Å². The fourth-order valence-electron chi connectivity index (χ4n) is 2.94. The predicted molar refractivity (Wildman–Crippen MR) is 85.0 cm³/mol. The third-order valence-electron chi connectivity index (χ3n) is 3.97. The van der Waals surface area contributed by atoms with Gasteiger partial charge in [0.05, 0.1) is 16.7 Å². The average Bonchev–Trinajstić information content (AvgIpc) is 2.89. The minimum atomic E-state index is 0.817. The lowest BCUT2D eigenvalue weighted by Crippen LogP contribution is -2.18. The van der Waals surface area contributed by atoms with Gasteiger partial charge in [-0.25, -0.2) is 9.97 Å². The molecule has 0 atom stereocenters. The first kappa shape index (κ1) is 12.1. The molecule has 4 rings (SSSR count). The van der Waals surface area contributed by atoms with Crippen LogP contribution in [0.15, 0.2) is 42.5 Å². The van der Waals surface area contributed by atoms with E-state index in [2.05, 4.69) is 22.0 Å². The average molecular weight is 276 g/mol. The Morgan fingerprint density at radius 3 is 2.48 bits per heavy atom. The summed E-state index contributed by atoms with van der Waals surface area (Å²) in [4.78, 5) is 11.7. The van der Waals surface area contributed by atoms with Crippen LogP contribution >= 0.6 is 0 Å². The third-order valence-corrected chi connectivity index (χ3v) is 3.97. The second kappa shape index (κ2) is 4.45. The highest BCUT2D eigenvalue weighted by molar-refractivity contribution is 5.76. The summed E-state index contributed by atoms with van der Waals surface area (Å²) in [5.74, 6) is 0.962. The highest BCUT2D eigenvalue weighted by Crippen LogP contribution is 2.30. The van der Waals surface area contributed by atoms with Gasteiger partial charge in [-0.15, -0.1) is 0 Å². The van der Waals surface area contributed by atoms with Gasteiger partial charge in [0.2, 0.25) is 0 Å². The van der Waals surface area contributed by atoms with Crippen molar-refractivity contribution < 1.29 is 0 Å². The highest BCUT2D eigenvalue weighted by Gasteiger charge is 2.22. The molecule has 2 heterocycles. The van der Waals surface area contributed by atoms with Gasteiger partial charge in [-0.05, 0) is 42.3 Å². The van der Waals surface area contributed by atoms with E-state index >= 15 is 0 Å². The van der Waals surface area contributed by atoms with Gasteiger partial charge in [0.25, 0.3) is 0 Å². The summed E-state index contributed by atoms with van der Waals surface area (Å²) in [6, 6.07) is 14.1. The number of aryl methyl sites for hydroxylation is 1. The van der Waals surface area contributed by atoms with Crippen molar-refractivity contribution in [2.24, 2.45) is 0 Å². The molecule has 3 aromatic rings. The third kappa shape index (κ3) is 2.00. The summed E-state index contributed by atoms with van der Waals surface area (Å²) in [7, 11) is 0. The van der Waals surface area contributed by atoms with Crippen LogP contribution in [0.4, 0.5) is 11.5 Å². The van der Waals surface area contributed by atoms with Crippen molar-refractivity contribution in [3.63, 3.8) is 0 Å². The van der Waals surface area contributed by atoms with Crippen molar-refractivity contribution in [2.45, 2.75) is 20.0 Å². The number of hydrogen-bond acceptors (Lipinski definition) is 4. The number of rotatable bonds is 1. The summed E-state index contributed by atoms with van der Waals surface area (Å²) in [6.07, 6.45) is 0. The number of nitrogens with zero attached hydrogens (tertiary/aromatic N) is 3. The lowest BCUT2D eigenvalue weighted by atomic mass is 10.1. The first-order valence-corrected chi connectivity index (χ1v) is 7.06. The molecule has 0 amide bonds. The van der Waals surface area contributed by atoms with Crippen LogP contribution in [0.3, 0.4) is 0 Å². The number of benzene rings is 2. The first-order valence-electron chi connectivity index (χ1n) is 7.06. The molecule has 0 spiro atoms. The number of fused-ring (bicyclic) bond motifs is 2. The summed E-state index contributed by atoms with van der Waals surface area (Å²) in [5, 5.41) is 0. The standard InChI is InChI=1S/C17H16N4/c1-11-17(20-16-5-3-2-4-15(16)19-11)21-9-12-6-7-14(18)8-13(12)10-21/h2-8H,9-10,18H2,1H3. The largest absolute Gasteiger partial charge is 0.399 e. The van der Waals surface area contributed by atoms with Crippen LogP contribution in [0.5, 0.6) is 0 Å². The number of nitrogens with two attached hydrogens (primary N) is 1. The van der Waals surface area contributed by atoms with Crippen molar-refractivity contribution in [2.75, 3.05) is 10.6 Å². The molecule has 1 aromatic heterocycles. The molecule has 0 bridgehead atoms. The lowest BCUT2D eigenvalue weighted by Gasteiger charge is -2.18. The maximum absolute atomic E-state index is 5.87. The molecular formula is C17H16N4. The quantitative estimate of drug-likeness (QED) is 0.694. The SMILES string of the molecule is Cc1nc2ccccc2nc1N1Cc2ccc(N)cc2C1. The van der Waals surface area contributed by atoms with E-state index in [0.717, 1.165) is 41.3 Å². The summed E-state index contributed by atoms with van der Waals surface area (Å²) in [5.41, 5.74) is 12.1. The number of nitrogen functional groups attached to an aromatic ring is 1. The van der Waals surface area contributed by atoms with Crippen LogP contribution in [0.1, 0.15) is 16.8 Å².